The molecule has 0 aromatic heterocycles. The monoisotopic (exact) mass is 287 g/mol. The summed E-state index contributed by atoms with van der Waals surface area (Å²) >= 11 is 0. The van der Waals surface area contributed by atoms with E-state index in [0.29, 0.717) is 6.04 Å². The second-order valence-corrected chi connectivity index (χ2v) is 7.43. The van der Waals surface area contributed by atoms with Gasteiger partial charge in [-0.2, -0.15) is 0 Å². The number of benzene rings is 1. The minimum Gasteiger partial charge on any atom is -0.389 e. The average Bonchev–Trinajstić information content (AvgIpc) is 2.71. The Morgan fingerprint density at radius 3 is 2.24 bits per heavy atom. The first-order chi connectivity index (χ1) is 10.1. The molecular formula is C19H29NO. The van der Waals surface area contributed by atoms with E-state index in [2.05, 4.69) is 36.5 Å². The van der Waals surface area contributed by atoms with E-state index in [1.807, 2.05) is 6.92 Å². The van der Waals surface area contributed by atoms with Crippen molar-refractivity contribution in [1.82, 2.24) is 5.32 Å². The number of hydrogen-bond donors (Lipinski definition) is 2. The SMILES string of the molecule is CCCC(C)(O)CNC1C2CCC1Cc1ccccc1C2. The van der Waals surface area contributed by atoms with Crippen LogP contribution in [0.3, 0.4) is 0 Å². The van der Waals surface area contributed by atoms with E-state index < -0.39 is 5.60 Å². The lowest BCUT2D eigenvalue weighted by Gasteiger charge is -2.30. The smallest absolute Gasteiger partial charge is 0.0743 e. The molecule has 0 saturated heterocycles. The Labute approximate surface area is 129 Å². The summed E-state index contributed by atoms with van der Waals surface area (Å²) in [6.07, 6.45) is 7.01. The third-order valence-corrected chi connectivity index (χ3v) is 5.51. The first kappa shape index (κ1) is 15.1. The lowest BCUT2D eigenvalue weighted by Crippen LogP contribution is -2.46. The van der Waals surface area contributed by atoms with Gasteiger partial charge in [0.15, 0.2) is 0 Å². The molecule has 3 unspecified atom stereocenters. The van der Waals surface area contributed by atoms with Crippen LogP contribution in [0, 0.1) is 11.8 Å². The Balaban J connectivity index is 1.68. The van der Waals surface area contributed by atoms with Crippen molar-refractivity contribution in [2.24, 2.45) is 11.8 Å². The van der Waals surface area contributed by atoms with Gasteiger partial charge in [0.05, 0.1) is 5.60 Å². The number of hydrogen-bond acceptors (Lipinski definition) is 2. The van der Waals surface area contributed by atoms with Gasteiger partial charge >= 0.3 is 0 Å². The van der Waals surface area contributed by atoms with Crippen LogP contribution in [-0.4, -0.2) is 23.3 Å². The molecule has 2 N–H and O–H groups in total. The number of aliphatic hydroxyl groups is 1. The average molecular weight is 287 g/mol. The molecule has 1 saturated carbocycles. The van der Waals surface area contributed by atoms with Gasteiger partial charge in [0, 0.05) is 12.6 Å². The molecule has 2 aliphatic rings. The molecular weight excluding hydrogens is 258 g/mol. The fourth-order valence-electron chi connectivity index (χ4n) is 4.45. The Bertz CT molecular complexity index is 449. The minimum absolute atomic E-state index is 0.562. The lowest BCUT2D eigenvalue weighted by atomic mass is 9.93. The molecule has 0 heterocycles. The summed E-state index contributed by atoms with van der Waals surface area (Å²) in [5, 5.41) is 14.2. The zero-order valence-electron chi connectivity index (χ0n) is 13.4. The van der Waals surface area contributed by atoms with Gasteiger partial charge in [0.2, 0.25) is 0 Å². The van der Waals surface area contributed by atoms with Crippen LogP contribution >= 0.6 is 0 Å². The molecule has 1 fully saturated rings. The van der Waals surface area contributed by atoms with Crippen molar-refractivity contribution >= 4 is 0 Å². The summed E-state index contributed by atoms with van der Waals surface area (Å²) in [6, 6.07) is 9.54. The van der Waals surface area contributed by atoms with E-state index >= 15 is 0 Å². The maximum Gasteiger partial charge on any atom is 0.0743 e. The quantitative estimate of drug-likeness (QED) is 0.870. The van der Waals surface area contributed by atoms with Crippen LogP contribution in [0.5, 0.6) is 0 Å². The van der Waals surface area contributed by atoms with Crippen molar-refractivity contribution in [3.8, 4) is 0 Å². The third kappa shape index (κ3) is 3.32. The van der Waals surface area contributed by atoms with Gasteiger partial charge in [-0.05, 0) is 62.0 Å². The van der Waals surface area contributed by atoms with E-state index in [1.165, 1.54) is 25.7 Å². The lowest BCUT2D eigenvalue weighted by molar-refractivity contribution is 0.0440. The van der Waals surface area contributed by atoms with Crippen molar-refractivity contribution in [2.75, 3.05) is 6.54 Å². The zero-order valence-corrected chi connectivity index (χ0v) is 13.4. The molecule has 2 heteroatoms. The van der Waals surface area contributed by atoms with Gasteiger partial charge < -0.3 is 10.4 Å². The van der Waals surface area contributed by atoms with E-state index in [1.54, 1.807) is 11.1 Å². The Morgan fingerprint density at radius 1 is 1.14 bits per heavy atom. The van der Waals surface area contributed by atoms with Crippen LogP contribution in [-0.2, 0) is 12.8 Å². The highest BCUT2D eigenvalue weighted by Gasteiger charge is 2.39. The third-order valence-electron chi connectivity index (χ3n) is 5.51. The summed E-state index contributed by atoms with van der Waals surface area (Å²) in [4.78, 5) is 0. The number of nitrogens with one attached hydrogen (secondary N) is 1. The van der Waals surface area contributed by atoms with Crippen molar-refractivity contribution in [3.05, 3.63) is 35.4 Å². The first-order valence-corrected chi connectivity index (χ1v) is 8.61. The number of fused-ring (bicyclic) bond motifs is 3. The first-order valence-electron chi connectivity index (χ1n) is 8.61. The van der Waals surface area contributed by atoms with E-state index in [0.717, 1.165) is 31.2 Å². The Morgan fingerprint density at radius 2 is 1.71 bits per heavy atom. The predicted octanol–water partition coefficient (Wildman–Crippen LogP) is 3.32. The van der Waals surface area contributed by atoms with Gasteiger partial charge in [0.25, 0.3) is 0 Å². The van der Waals surface area contributed by atoms with Gasteiger partial charge in [-0.15, -0.1) is 0 Å². The summed E-state index contributed by atoms with van der Waals surface area (Å²) in [5.74, 6) is 1.49. The highest BCUT2D eigenvalue weighted by atomic mass is 16.3. The fraction of sp³-hybridized carbons (Fsp3) is 0.684. The molecule has 0 amide bonds. The number of rotatable bonds is 5. The standard InChI is InChI=1S/C19H29NO/c1-3-10-19(2,21)13-20-18-16-8-9-17(18)12-15-7-5-4-6-14(15)11-16/h4-7,16-18,20-21H,3,8-13H2,1-2H3. The van der Waals surface area contributed by atoms with Crippen molar-refractivity contribution < 1.29 is 5.11 Å². The predicted molar refractivity (Wildman–Crippen MR) is 87.4 cm³/mol. The second kappa shape index (κ2) is 6.10. The zero-order chi connectivity index (χ0) is 14.9. The van der Waals surface area contributed by atoms with Crippen molar-refractivity contribution in [2.45, 2.75) is 64.0 Å². The van der Waals surface area contributed by atoms with Crippen LogP contribution in [0.15, 0.2) is 24.3 Å². The summed E-state index contributed by atoms with van der Waals surface area (Å²) < 4.78 is 0. The van der Waals surface area contributed by atoms with Crippen LogP contribution in [0.4, 0.5) is 0 Å². The van der Waals surface area contributed by atoms with Gasteiger partial charge in [-0.25, -0.2) is 0 Å². The highest BCUT2D eigenvalue weighted by molar-refractivity contribution is 5.30. The maximum atomic E-state index is 10.4. The summed E-state index contributed by atoms with van der Waals surface area (Å²) in [6.45, 7) is 4.84. The van der Waals surface area contributed by atoms with Crippen LogP contribution in [0.25, 0.3) is 0 Å². The van der Waals surface area contributed by atoms with Crippen LogP contribution in [0.1, 0.15) is 50.7 Å². The Hall–Kier alpha value is -0.860. The van der Waals surface area contributed by atoms with Gasteiger partial charge in [0.1, 0.15) is 0 Å². The fourth-order valence-corrected chi connectivity index (χ4v) is 4.45. The Kier molecular flexibility index (Phi) is 4.37. The molecule has 2 aliphatic carbocycles. The van der Waals surface area contributed by atoms with E-state index in [-0.39, 0.29) is 0 Å². The minimum atomic E-state index is -0.562. The molecule has 21 heavy (non-hydrogen) atoms. The van der Waals surface area contributed by atoms with Crippen molar-refractivity contribution in [3.63, 3.8) is 0 Å². The van der Waals surface area contributed by atoms with Crippen molar-refractivity contribution in [1.29, 1.82) is 0 Å². The molecule has 2 bridgehead atoms. The summed E-state index contributed by atoms with van der Waals surface area (Å²) in [5.41, 5.74) is 2.54. The van der Waals surface area contributed by atoms with Crippen LogP contribution in [0.2, 0.25) is 0 Å². The van der Waals surface area contributed by atoms with Gasteiger partial charge in [-0.3, -0.25) is 0 Å². The highest BCUT2D eigenvalue weighted by Crippen LogP contribution is 2.40. The molecule has 0 aliphatic heterocycles. The largest absolute Gasteiger partial charge is 0.389 e. The summed E-state index contributed by atoms with van der Waals surface area (Å²) in [7, 11) is 0. The maximum absolute atomic E-state index is 10.4. The molecule has 0 spiro atoms. The normalized spacial score (nSPS) is 30.5. The molecule has 1 aromatic carbocycles. The molecule has 1 aromatic rings. The molecule has 3 rings (SSSR count). The van der Waals surface area contributed by atoms with E-state index in [4.69, 9.17) is 0 Å². The second-order valence-electron chi connectivity index (χ2n) is 7.43. The molecule has 0 radical (unpaired) electrons. The molecule has 3 atom stereocenters. The van der Waals surface area contributed by atoms with Gasteiger partial charge in [-0.1, -0.05) is 37.6 Å². The molecule has 2 nitrogen and oxygen atoms in total. The van der Waals surface area contributed by atoms with E-state index in [9.17, 15) is 5.11 Å². The molecule has 116 valence electrons. The topological polar surface area (TPSA) is 32.3 Å². The van der Waals surface area contributed by atoms with Crippen LogP contribution < -0.4 is 5.32 Å².